The van der Waals surface area contributed by atoms with E-state index in [1.54, 1.807) is 13.4 Å². The van der Waals surface area contributed by atoms with Crippen molar-refractivity contribution in [2.24, 2.45) is 0 Å². The van der Waals surface area contributed by atoms with E-state index in [0.717, 1.165) is 41.1 Å². The molecular formula is C31H43BrN6O4. The molecule has 1 aromatic heterocycles. The third-order valence-corrected chi connectivity index (χ3v) is 7.57. The van der Waals surface area contributed by atoms with E-state index in [-0.39, 0.29) is 29.1 Å². The van der Waals surface area contributed by atoms with Crippen LogP contribution in [0.3, 0.4) is 0 Å². The Labute approximate surface area is 259 Å². The number of carbonyl (C=O) groups is 1. The average molecular weight is 644 g/mol. The fourth-order valence-corrected chi connectivity index (χ4v) is 5.44. The number of nitrogens with zero attached hydrogens (tertiary/aromatic N) is 5. The second-order valence-electron chi connectivity index (χ2n) is 10.9. The predicted molar refractivity (Wildman–Crippen MR) is 172 cm³/mol. The van der Waals surface area contributed by atoms with Gasteiger partial charge in [0, 0.05) is 49.9 Å². The lowest BCUT2D eigenvalue weighted by molar-refractivity contribution is 0.203. The van der Waals surface area contributed by atoms with Gasteiger partial charge >= 0.3 is 6.03 Å². The van der Waals surface area contributed by atoms with Crippen LogP contribution < -0.4 is 24.4 Å². The summed E-state index contributed by atoms with van der Waals surface area (Å²) in [7, 11) is 1.66. The van der Waals surface area contributed by atoms with Crippen LogP contribution in [0.5, 0.6) is 17.2 Å². The highest BCUT2D eigenvalue weighted by Gasteiger charge is 2.24. The number of piperidine rings is 1. The minimum Gasteiger partial charge on any atom is -0.493 e. The van der Waals surface area contributed by atoms with Crippen LogP contribution in [0.1, 0.15) is 39.5 Å². The van der Waals surface area contributed by atoms with Crippen molar-refractivity contribution < 1.29 is 19.0 Å². The summed E-state index contributed by atoms with van der Waals surface area (Å²) in [4.78, 5) is 28.6. The topological polar surface area (TPSA) is 92.3 Å². The number of nitrogens with one attached hydrogen (secondary N) is 1. The summed E-state index contributed by atoms with van der Waals surface area (Å²) >= 11 is 0. The number of hydrogen-bond acceptors (Lipinski definition) is 8. The number of anilines is 2. The van der Waals surface area contributed by atoms with Gasteiger partial charge in [-0.25, -0.2) is 14.8 Å². The minimum atomic E-state index is -0.113. The van der Waals surface area contributed by atoms with Gasteiger partial charge in [-0.2, -0.15) is 0 Å². The van der Waals surface area contributed by atoms with Crippen LogP contribution in [-0.2, 0) is 0 Å². The Hall–Kier alpha value is -3.31. The number of ether oxygens (including phenoxy) is 3. The van der Waals surface area contributed by atoms with Gasteiger partial charge < -0.3 is 34.2 Å². The fraction of sp³-hybridized carbons (Fsp3) is 0.516. The first-order chi connectivity index (χ1) is 20.0. The second kappa shape index (κ2) is 15.2. The van der Waals surface area contributed by atoms with Gasteiger partial charge in [0.15, 0.2) is 11.5 Å². The number of rotatable bonds is 10. The van der Waals surface area contributed by atoms with Gasteiger partial charge in [0.1, 0.15) is 17.9 Å². The maximum atomic E-state index is 12.9. The van der Waals surface area contributed by atoms with Crippen LogP contribution >= 0.6 is 17.0 Å². The summed E-state index contributed by atoms with van der Waals surface area (Å²) in [6, 6.07) is 11.3. The lowest BCUT2D eigenvalue weighted by atomic mass is 10.1. The molecule has 10 nitrogen and oxygen atoms in total. The first-order valence-electron chi connectivity index (χ1n) is 14.8. The minimum absolute atomic E-state index is 0. The Bertz CT molecular complexity index is 1290. The van der Waals surface area contributed by atoms with Crippen molar-refractivity contribution in [2.45, 2.75) is 45.6 Å². The van der Waals surface area contributed by atoms with Crippen molar-refractivity contribution in [3.05, 3.63) is 42.7 Å². The number of hydrogen-bond donors (Lipinski definition) is 1. The van der Waals surface area contributed by atoms with Crippen LogP contribution in [0.2, 0.25) is 0 Å². The van der Waals surface area contributed by atoms with Crippen LogP contribution in [0.4, 0.5) is 16.3 Å². The quantitative estimate of drug-likeness (QED) is 0.285. The van der Waals surface area contributed by atoms with E-state index >= 15 is 0 Å². The molecule has 1 N–H and O–H groups in total. The molecule has 0 unspecified atom stereocenters. The molecule has 2 aliphatic rings. The molecule has 0 spiro atoms. The molecule has 228 valence electrons. The van der Waals surface area contributed by atoms with Crippen LogP contribution in [0.25, 0.3) is 10.9 Å². The van der Waals surface area contributed by atoms with Crippen molar-refractivity contribution >= 4 is 45.4 Å². The van der Waals surface area contributed by atoms with Crippen LogP contribution in [0, 0.1) is 0 Å². The summed E-state index contributed by atoms with van der Waals surface area (Å²) in [5, 5.41) is 3.90. The van der Waals surface area contributed by atoms with E-state index in [1.165, 1.54) is 32.4 Å². The van der Waals surface area contributed by atoms with Crippen LogP contribution in [0.15, 0.2) is 42.7 Å². The van der Waals surface area contributed by atoms with E-state index < -0.39 is 0 Å². The molecule has 2 aliphatic heterocycles. The first kappa shape index (κ1) is 31.6. The highest BCUT2D eigenvalue weighted by molar-refractivity contribution is 8.93. The zero-order valence-corrected chi connectivity index (χ0v) is 26.6. The molecule has 0 bridgehead atoms. The van der Waals surface area contributed by atoms with Gasteiger partial charge in [-0.3, -0.25) is 0 Å². The highest BCUT2D eigenvalue weighted by atomic mass is 79.9. The molecule has 3 heterocycles. The first-order valence-corrected chi connectivity index (χ1v) is 14.8. The fourth-order valence-electron chi connectivity index (χ4n) is 5.44. The van der Waals surface area contributed by atoms with E-state index in [4.69, 9.17) is 14.2 Å². The van der Waals surface area contributed by atoms with Gasteiger partial charge in [-0.15, -0.1) is 17.0 Å². The molecular weight excluding hydrogens is 600 g/mol. The largest absolute Gasteiger partial charge is 0.493 e. The van der Waals surface area contributed by atoms with E-state index in [2.05, 4.69) is 25.1 Å². The molecule has 0 atom stereocenters. The van der Waals surface area contributed by atoms with Gasteiger partial charge in [0.2, 0.25) is 0 Å². The van der Waals surface area contributed by atoms with Crippen molar-refractivity contribution in [1.82, 2.24) is 19.8 Å². The molecule has 0 aliphatic carbocycles. The molecule has 42 heavy (non-hydrogen) atoms. The Balaban J connectivity index is 0.00000405. The normalized spacial score (nSPS) is 15.8. The van der Waals surface area contributed by atoms with Gasteiger partial charge in [-0.05, 0) is 76.5 Å². The number of amides is 2. The number of carbonyl (C=O) groups excluding carboxylic acids is 1. The maximum absolute atomic E-state index is 12.9. The van der Waals surface area contributed by atoms with Crippen molar-refractivity contribution in [2.75, 3.05) is 69.7 Å². The van der Waals surface area contributed by atoms with E-state index in [0.29, 0.717) is 44.3 Å². The number of halogens is 1. The SMILES string of the molecule is Br.COc1cc2c(N3CCN(C(=O)Nc4ccc(OC(C)C)cc4)CC3)ncnc2cc1OCCCN1CCCCC1. The summed E-state index contributed by atoms with van der Waals surface area (Å²) in [5.74, 6) is 3.00. The Morgan fingerprint density at radius 2 is 1.69 bits per heavy atom. The number of likely N-dealkylation sites (tertiary alicyclic amines) is 1. The monoisotopic (exact) mass is 642 g/mol. The molecule has 0 saturated carbocycles. The van der Waals surface area contributed by atoms with Gasteiger partial charge in [0.05, 0.1) is 25.3 Å². The van der Waals surface area contributed by atoms with Gasteiger partial charge in [0.25, 0.3) is 0 Å². The number of methoxy groups -OCH3 is 1. The molecule has 2 amide bonds. The van der Waals surface area contributed by atoms with E-state index in [1.807, 2.05) is 55.1 Å². The molecule has 3 aromatic rings. The third-order valence-electron chi connectivity index (χ3n) is 7.57. The number of aromatic nitrogens is 2. The number of benzene rings is 2. The van der Waals surface area contributed by atoms with Crippen molar-refractivity contribution in [3.63, 3.8) is 0 Å². The smallest absolute Gasteiger partial charge is 0.321 e. The van der Waals surface area contributed by atoms with E-state index in [9.17, 15) is 4.79 Å². The standard InChI is InChI=1S/C31H42N6O4.BrH/c1-23(2)41-25-10-8-24(9-11-25)34-31(38)37-17-15-36(16-18-37)30-26-20-28(39-3)29(21-27(26)32-22-33-30)40-19-7-14-35-12-5-4-6-13-35;/h8-11,20-23H,4-7,12-19H2,1-3H3,(H,34,38);1H. The highest BCUT2D eigenvalue weighted by Crippen LogP contribution is 2.35. The molecule has 2 aromatic carbocycles. The number of fused-ring (bicyclic) bond motifs is 1. The van der Waals surface area contributed by atoms with Crippen molar-refractivity contribution in [3.8, 4) is 17.2 Å². The van der Waals surface area contributed by atoms with Gasteiger partial charge in [-0.1, -0.05) is 6.42 Å². The Kier molecular flexibility index (Phi) is 11.5. The van der Waals surface area contributed by atoms with Crippen LogP contribution in [-0.4, -0.2) is 91.4 Å². The summed E-state index contributed by atoms with van der Waals surface area (Å²) in [6.45, 7) is 10.6. The molecule has 2 saturated heterocycles. The molecule has 0 radical (unpaired) electrons. The maximum Gasteiger partial charge on any atom is 0.321 e. The third kappa shape index (κ3) is 8.16. The summed E-state index contributed by atoms with van der Waals surface area (Å²) < 4.78 is 17.5. The Morgan fingerprint density at radius 1 is 0.952 bits per heavy atom. The average Bonchev–Trinajstić information content (AvgIpc) is 3.00. The number of urea groups is 1. The lowest BCUT2D eigenvalue weighted by Crippen LogP contribution is -2.50. The molecule has 2 fully saturated rings. The Morgan fingerprint density at radius 3 is 2.38 bits per heavy atom. The lowest BCUT2D eigenvalue weighted by Gasteiger charge is -2.35. The number of piperazine rings is 1. The van der Waals surface area contributed by atoms with Crippen molar-refractivity contribution in [1.29, 1.82) is 0 Å². The molecule has 5 rings (SSSR count). The second-order valence-corrected chi connectivity index (χ2v) is 10.9. The summed E-state index contributed by atoms with van der Waals surface area (Å²) in [6.07, 6.45) is 6.62. The zero-order chi connectivity index (χ0) is 28.6. The zero-order valence-electron chi connectivity index (χ0n) is 24.9. The predicted octanol–water partition coefficient (Wildman–Crippen LogP) is 5.61. The molecule has 11 heteroatoms. The summed E-state index contributed by atoms with van der Waals surface area (Å²) in [5.41, 5.74) is 1.55.